The highest BCUT2D eigenvalue weighted by atomic mass is 19.1. The van der Waals surface area contributed by atoms with Gasteiger partial charge in [0.1, 0.15) is 17.3 Å². The number of nitrogens with zero attached hydrogens (tertiary/aromatic N) is 3. The highest BCUT2D eigenvalue weighted by molar-refractivity contribution is 5.98. The SMILES string of the molecule is CO[C@@H]1CCOC[C@H]1N(Cc1ccc(-c2ccccc2F)cn1)C(=O)c1cc2nc(N)c3c(c2[nH]1)COC3. The summed E-state index contributed by atoms with van der Waals surface area (Å²) in [4.78, 5) is 28.1. The number of nitrogens with one attached hydrogen (secondary N) is 1. The number of nitrogen functional groups attached to an aromatic ring is 1. The van der Waals surface area contributed by atoms with Gasteiger partial charge in [0.25, 0.3) is 5.91 Å². The van der Waals surface area contributed by atoms with Crippen LogP contribution in [-0.2, 0) is 34.0 Å². The second kappa shape index (κ2) is 10.1. The van der Waals surface area contributed by atoms with E-state index in [0.29, 0.717) is 66.7 Å². The highest BCUT2D eigenvalue weighted by Gasteiger charge is 2.35. The first kappa shape index (κ1) is 24.5. The van der Waals surface area contributed by atoms with E-state index in [9.17, 15) is 9.18 Å². The normalized spacial score (nSPS) is 19.0. The summed E-state index contributed by atoms with van der Waals surface area (Å²) in [5.74, 6) is -0.128. The predicted octanol–water partition coefficient (Wildman–Crippen LogP) is 3.82. The molecule has 38 heavy (non-hydrogen) atoms. The van der Waals surface area contributed by atoms with Crippen molar-refractivity contribution in [2.24, 2.45) is 0 Å². The fourth-order valence-electron chi connectivity index (χ4n) is 5.27. The van der Waals surface area contributed by atoms with E-state index in [2.05, 4.69) is 15.0 Å². The summed E-state index contributed by atoms with van der Waals surface area (Å²) in [6, 6.07) is 11.6. The summed E-state index contributed by atoms with van der Waals surface area (Å²) in [6.07, 6.45) is 2.10. The lowest BCUT2D eigenvalue weighted by molar-refractivity contribution is -0.0716. The summed E-state index contributed by atoms with van der Waals surface area (Å²) in [6.45, 7) is 1.94. The molecule has 2 aliphatic heterocycles. The van der Waals surface area contributed by atoms with E-state index in [4.69, 9.17) is 19.9 Å². The quantitative estimate of drug-likeness (QED) is 0.399. The molecule has 1 amide bonds. The average molecular weight is 518 g/mol. The van der Waals surface area contributed by atoms with Gasteiger partial charge in [0, 0.05) is 42.2 Å². The van der Waals surface area contributed by atoms with E-state index >= 15 is 0 Å². The first-order valence-corrected chi connectivity index (χ1v) is 12.5. The minimum absolute atomic E-state index is 0.193. The van der Waals surface area contributed by atoms with E-state index in [1.165, 1.54) is 6.07 Å². The lowest BCUT2D eigenvalue weighted by atomic mass is 10.0. The Kier molecular flexibility index (Phi) is 6.52. The molecule has 0 spiro atoms. The predicted molar refractivity (Wildman–Crippen MR) is 139 cm³/mol. The van der Waals surface area contributed by atoms with Crippen LogP contribution in [0.25, 0.3) is 22.2 Å². The third-order valence-electron chi connectivity index (χ3n) is 7.31. The number of pyridine rings is 2. The number of methoxy groups -OCH3 is 1. The van der Waals surface area contributed by atoms with Gasteiger partial charge in [-0.15, -0.1) is 0 Å². The fraction of sp³-hybridized carbons (Fsp3) is 0.321. The van der Waals surface area contributed by atoms with Crippen molar-refractivity contribution < 1.29 is 23.4 Å². The number of aromatic nitrogens is 3. The maximum atomic E-state index is 14.3. The number of carbonyl (C=O) groups excluding carboxylic acids is 1. The number of H-pyrrole nitrogens is 1. The van der Waals surface area contributed by atoms with Gasteiger partial charge >= 0.3 is 0 Å². The first-order valence-electron chi connectivity index (χ1n) is 12.5. The molecular formula is C28H28FN5O4. The largest absolute Gasteiger partial charge is 0.383 e. The van der Waals surface area contributed by atoms with E-state index in [1.807, 2.05) is 12.1 Å². The number of rotatable bonds is 6. The molecule has 0 aliphatic carbocycles. The molecule has 1 saturated heterocycles. The summed E-state index contributed by atoms with van der Waals surface area (Å²) in [5.41, 5.74) is 11.5. The number of hydrogen-bond acceptors (Lipinski definition) is 7. The zero-order valence-corrected chi connectivity index (χ0v) is 20.9. The zero-order valence-electron chi connectivity index (χ0n) is 20.9. The van der Waals surface area contributed by atoms with Gasteiger partial charge in [0.05, 0.1) is 55.2 Å². The average Bonchev–Trinajstić information content (AvgIpc) is 3.60. The van der Waals surface area contributed by atoms with E-state index in [0.717, 1.165) is 16.6 Å². The lowest BCUT2D eigenvalue weighted by Crippen LogP contribution is -2.52. The second-order valence-electron chi connectivity index (χ2n) is 9.55. The van der Waals surface area contributed by atoms with Crippen molar-refractivity contribution >= 4 is 22.8 Å². The third kappa shape index (κ3) is 4.40. The number of anilines is 1. The van der Waals surface area contributed by atoms with Gasteiger partial charge in [-0.2, -0.15) is 0 Å². The van der Waals surface area contributed by atoms with Gasteiger partial charge in [-0.25, -0.2) is 9.37 Å². The fourth-order valence-corrected chi connectivity index (χ4v) is 5.27. The Bertz CT molecular complexity index is 1490. The Hall–Kier alpha value is -3.86. The van der Waals surface area contributed by atoms with Crippen LogP contribution in [0, 0.1) is 5.82 Å². The number of nitrogens with two attached hydrogens (primary N) is 1. The minimum atomic E-state index is -0.326. The Morgan fingerprint density at radius 2 is 2.05 bits per heavy atom. The van der Waals surface area contributed by atoms with Crippen LogP contribution in [0.4, 0.5) is 10.2 Å². The Balaban J connectivity index is 1.34. The molecule has 0 bridgehead atoms. The van der Waals surface area contributed by atoms with Crippen molar-refractivity contribution in [2.45, 2.75) is 38.3 Å². The van der Waals surface area contributed by atoms with E-state index in [1.54, 1.807) is 42.5 Å². The minimum Gasteiger partial charge on any atom is -0.383 e. The molecule has 2 aliphatic rings. The van der Waals surface area contributed by atoms with Gasteiger partial charge < -0.3 is 29.8 Å². The van der Waals surface area contributed by atoms with E-state index in [-0.39, 0.29) is 30.4 Å². The standard InChI is InChI=1S/C28H28FN5O4/c1-36-25-8-9-37-15-24(25)34(12-17-7-6-16(11-31-17)18-4-2-3-5-21(18)29)28(35)23-10-22-26(32-23)19-13-38-14-20(19)27(30)33-22/h2-7,10-11,24-25,32H,8-9,12-15H2,1H3,(H2,30,33)/t24-,25-/m1/s1. The first-order chi connectivity index (χ1) is 18.5. The van der Waals surface area contributed by atoms with Crippen LogP contribution < -0.4 is 5.73 Å². The molecule has 0 radical (unpaired) electrons. The number of halogens is 1. The lowest BCUT2D eigenvalue weighted by Gasteiger charge is -2.38. The molecular weight excluding hydrogens is 489 g/mol. The van der Waals surface area contributed by atoms with Gasteiger partial charge in [0.15, 0.2) is 0 Å². The maximum Gasteiger partial charge on any atom is 0.271 e. The van der Waals surface area contributed by atoms with Crippen LogP contribution in [0.5, 0.6) is 0 Å². The number of aromatic amines is 1. The van der Waals surface area contributed by atoms with Crippen molar-refractivity contribution in [3.05, 3.63) is 77.0 Å². The molecule has 0 saturated carbocycles. The molecule has 1 fully saturated rings. The van der Waals surface area contributed by atoms with Crippen LogP contribution in [0.3, 0.4) is 0 Å². The molecule has 1 aromatic carbocycles. The molecule has 196 valence electrons. The molecule has 5 heterocycles. The molecule has 2 atom stereocenters. The smallest absolute Gasteiger partial charge is 0.271 e. The van der Waals surface area contributed by atoms with Crippen LogP contribution >= 0.6 is 0 Å². The third-order valence-corrected chi connectivity index (χ3v) is 7.31. The van der Waals surface area contributed by atoms with Crippen LogP contribution in [-0.4, -0.2) is 58.2 Å². The van der Waals surface area contributed by atoms with Crippen molar-refractivity contribution in [1.29, 1.82) is 0 Å². The van der Waals surface area contributed by atoms with Crippen molar-refractivity contribution in [2.75, 3.05) is 26.1 Å². The molecule has 10 heteroatoms. The number of fused-ring (bicyclic) bond motifs is 3. The Morgan fingerprint density at radius 1 is 1.21 bits per heavy atom. The number of amides is 1. The van der Waals surface area contributed by atoms with Crippen LogP contribution in [0.2, 0.25) is 0 Å². The second-order valence-corrected chi connectivity index (χ2v) is 9.55. The topological polar surface area (TPSA) is 116 Å². The zero-order chi connectivity index (χ0) is 26.2. The van der Waals surface area contributed by atoms with Crippen molar-refractivity contribution in [3.8, 4) is 11.1 Å². The monoisotopic (exact) mass is 517 g/mol. The van der Waals surface area contributed by atoms with Crippen LogP contribution in [0.1, 0.15) is 33.7 Å². The number of ether oxygens (including phenoxy) is 3. The van der Waals surface area contributed by atoms with Gasteiger partial charge in [-0.3, -0.25) is 9.78 Å². The summed E-state index contributed by atoms with van der Waals surface area (Å²) < 4.78 is 31.3. The van der Waals surface area contributed by atoms with Gasteiger partial charge in [-0.05, 0) is 24.6 Å². The highest BCUT2D eigenvalue weighted by Crippen LogP contribution is 2.32. The molecule has 3 aromatic heterocycles. The summed E-state index contributed by atoms with van der Waals surface area (Å²) in [5, 5.41) is 0. The Morgan fingerprint density at radius 3 is 2.84 bits per heavy atom. The Labute approximate surface area is 218 Å². The molecule has 9 nitrogen and oxygen atoms in total. The molecule has 3 N–H and O–H groups in total. The van der Waals surface area contributed by atoms with Gasteiger partial charge in [-0.1, -0.05) is 24.3 Å². The summed E-state index contributed by atoms with van der Waals surface area (Å²) >= 11 is 0. The number of benzene rings is 1. The molecule has 6 rings (SSSR count). The van der Waals surface area contributed by atoms with Crippen molar-refractivity contribution in [3.63, 3.8) is 0 Å². The van der Waals surface area contributed by atoms with Gasteiger partial charge in [0.2, 0.25) is 0 Å². The van der Waals surface area contributed by atoms with Crippen LogP contribution in [0.15, 0.2) is 48.7 Å². The number of carbonyl (C=O) groups is 1. The van der Waals surface area contributed by atoms with Crippen molar-refractivity contribution in [1.82, 2.24) is 19.9 Å². The summed E-state index contributed by atoms with van der Waals surface area (Å²) in [7, 11) is 1.64. The number of hydrogen-bond donors (Lipinski definition) is 2. The van der Waals surface area contributed by atoms with E-state index < -0.39 is 0 Å². The molecule has 0 unspecified atom stereocenters. The molecule has 4 aromatic rings. The maximum absolute atomic E-state index is 14.3.